The third-order valence-corrected chi connectivity index (χ3v) is 3.71. The Morgan fingerprint density at radius 3 is 2.61 bits per heavy atom. The van der Waals surface area contributed by atoms with E-state index in [1.165, 1.54) is 0 Å². The van der Waals surface area contributed by atoms with Crippen LogP contribution in [-0.2, 0) is 16.8 Å². The summed E-state index contributed by atoms with van der Waals surface area (Å²) in [5.74, 6) is 0.596. The number of aromatic nitrogens is 3. The van der Waals surface area contributed by atoms with E-state index in [-0.39, 0.29) is 6.61 Å². The number of rotatable bonds is 6. The molecule has 1 saturated carbocycles. The Hall–Kier alpha value is -1.43. The summed E-state index contributed by atoms with van der Waals surface area (Å²) in [6.45, 7) is 1.95. The number of carboxylic acids is 1. The van der Waals surface area contributed by atoms with Gasteiger partial charge in [-0.1, -0.05) is 0 Å². The lowest BCUT2D eigenvalue weighted by atomic mass is 9.76. The van der Waals surface area contributed by atoms with Crippen molar-refractivity contribution in [3.05, 3.63) is 11.6 Å². The molecule has 6 nitrogen and oxygen atoms in total. The normalized spacial score (nSPS) is 17.4. The molecule has 100 valence electrons. The first-order valence-electron chi connectivity index (χ1n) is 6.37. The molecule has 1 aliphatic carbocycles. The highest BCUT2D eigenvalue weighted by Crippen LogP contribution is 2.41. The number of hydrogen-bond acceptors (Lipinski definition) is 4. The highest BCUT2D eigenvalue weighted by atomic mass is 16.4. The van der Waals surface area contributed by atoms with Crippen molar-refractivity contribution in [2.75, 3.05) is 6.61 Å². The zero-order chi connectivity index (χ0) is 13.2. The standard InChI is InChI=1S/C12H19N3O3/c1-9-13-14-10(5-2-3-8-16)15(9)12(11(17)18)6-4-7-12/h16H,2-8H2,1H3,(H,17,18). The molecule has 1 aromatic heterocycles. The lowest BCUT2D eigenvalue weighted by Gasteiger charge is -2.40. The van der Waals surface area contributed by atoms with E-state index in [4.69, 9.17) is 5.11 Å². The number of nitrogens with zero attached hydrogens (tertiary/aromatic N) is 3. The van der Waals surface area contributed by atoms with Gasteiger partial charge in [0.05, 0.1) is 0 Å². The zero-order valence-corrected chi connectivity index (χ0v) is 10.6. The van der Waals surface area contributed by atoms with Crippen molar-refractivity contribution in [3.8, 4) is 0 Å². The van der Waals surface area contributed by atoms with Gasteiger partial charge in [0.1, 0.15) is 17.2 Å². The van der Waals surface area contributed by atoms with Crippen LogP contribution < -0.4 is 0 Å². The van der Waals surface area contributed by atoms with Gasteiger partial charge in [-0.25, -0.2) is 4.79 Å². The van der Waals surface area contributed by atoms with Crippen LogP contribution in [0.1, 0.15) is 43.8 Å². The predicted molar refractivity (Wildman–Crippen MR) is 64.2 cm³/mol. The molecule has 1 heterocycles. The van der Waals surface area contributed by atoms with Gasteiger partial charge in [-0.2, -0.15) is 0 Å². The maximum absolute atomic E-state index is 11.5. The van der Waals surface area contributed by atoms with E-state index in [0.717, 1.165) is 18.7 Å². The van der Waals surface area contributed by atoms with E-state index in [0.29, 0.717) is 31.5 Å². The second kappa shape index (κ2) is 5.06. The topological polar surface area (TPSA) is 88.2 Å². The maximum atomic E-state index is 11.5. The van der Waals surface area contributed by atoms with Gasteiger partial charge in [0.2, 0.25) is 0 Å². The predicted octanol–water partition coefficient (Wildman–Crippen LogP) is 0.865. The van der Waals surface area contributed by atoms with Crippen molar-refractivity contribution in [1.29, 1.82) is 0 Å². The molecule has 0 bridgehead atoms. The summed E-state index contributed by atoms with van der Waals surface area (Å²) in [7, 11) is 0. The van der Waals surface area contributed by atoms with Gasteiger partial charge >= 0.3 is 5.97 Å². The monoisotopic (exact) mass is 253 g/mol. The van der Waals surface area contributed by atoms with Gasteiger partial charge in [-0.15, -0.1) is 10.2 Å². The average molecular weight is 253 g/mol. The zero-order valence-electron chi connectivity index (χ0n) is 10.6. The molecule has 0 aromatic carbocycles. The van der Waals surface area contributed by atoms with Crippen molar-refractivity contribution in [2.45, 2.75) is 51.0 Å². The Bertz CT molecular complexity index is 438. The van der Waals surface area contributed by atoms with Crippen LogP contribution in [0.2, 0.25) is 0 Å². The van der Waals surface area contributed by atoms with E-state index >= 15 is 0 Å². The number of carbonyl (C=O) groups is 1. The van der Waals surface area contributed by atoms with E-state index in [1.807, 2.05) is 0 Å². The maximum Gasteiger partial charge on any atom is 0.329 e. The Morgan fingerprint density at radius 2 is 2.11 bits per heavy atom. The number of aliphatic carboxylic acids is 1. The van der Waals surface area contributed by atoms with E-state index in [2.05, 4.69) is 10.2 Å². The summed E-state index contributed by atoms with van der Waals surface area (Å²) < 4.78 is 1.79. The highest BCUT2D eigenvalue weighted by molar-refractivity contribution is 5.78. The van der Waals surface area contributed by atoms with E-state index in [9.17, 15) is 9.90 Å². The number of aliphatic hydroxyl groups excluding tert-OH is 1. The summed E-state index contributed by atoms with van der Waals surface area (Å²) in [6.07, 6.45) is 4.38. The largest absolute Gasteiger partial charge is 0.479 e. The molecule has 2 rings (SSSR count). The van der Waals surface area contributed by atoms with Gasteiger partial charge in [0, 0.05) is 13.0 Å². The minimum absolute atomic E-state index is 0.150. The van der Waals surface area contributed by atoms with Crippen molar-refractivity contribution >= 4 is 5.97 Å². The summed E-state index contributed by atoms with van der Waals surface area (Å²) in [5, 5.41) is 26.3. The molecule has 0 unspecified atom stereocenters. The number of aliphatic hydroxyl groups is 1. The van der Waals surface area contributed by atoms with Crippen LogP contribution in [-0.4, -0.2) is 37.6 Å². The molecular formula is C12H19N3O3. The molecule has 0 saturated heterocycles. The summed E-state index contributed by atoms with van der Waals surface area (Å²) in [4.78, 5) is 11.5. The van der Waals surface area contributed by atoms with Crippen molar-refractivity contribution in [1.82, 2.24) is 14.8 Å². The van der Waals surface area contributed by atoms with Gasteiger partial charge < -0.3 is 10.2 Å². The Labute approximate surface area is 106 Å². The van der Waals surface area contributed by atoms with Crippen LogP contribution in [0.3, 0.4) is 0 Å². The molecule has 2 N–H and O–H groups in total. The van der Waals surface area contributed by atoms with Crippen LogP contribution in [0.25, 0.3) is 0 Å². The van der Waals surface area contributed by atoms with Crippen molar-refractivity contribution in [3.63, 3.8) is 0 Å². The summed E-state index contributed by atoms with van der Waals surface area (Å²) in [6, 6.07) is 0. The third-order valence-electron chi connectivity index (χ3n) is 3.71. The lowest BCUT2D eigenvalue weighted by molar-refractivity contribution is -0.152. The first-order valence-corrected chi connectivity index (χ1v) is 6.37. The molecule has 1 aliphatic rings. The second-order valence-corrected chi connectivity index (χ2v) is 4.87. The summed E-state index contributed by atoms with van der Waals surface area (Å²) in [5.41, 5.74) is -0.831. The fourth-order valence-electron chi connectivity index (χ4n) is 2.56. The molecule has 0 aliphatic heterocycles. The van der Waals surface area contributed by atoms with Crippen LogP contribution >= 0.6 is 0 Å². The van der Waals surface area contributed by atoms with Gasteiger partial charge in [0.25, 0.3) is 0 Å². The minimum Gasteiger partial charge on any atom is -0.479 e. The molecule has 1 aromatic rings. The first-order chi connectivity index (χ1) is 8.62. The van der Waals surface area contributed by atoms with Crippen molar-refractivity contribution in [2.24, 2.45) is 0 Å². The van der Waals surface area contributed by atoms with Crippen LogP contribution in [0.15, 0.2) is 0 Å². The SMILES string of the molecule is Cc1nnc(CCCCO)n1C1(C(=O)O)CCC1. The van der Waals surface area contributed by atoms with E-state index in [1.54, 1.807) is 11.5 Å². The number of unbranched alkanes of at least 4 members (excludes halogenated alkanes) is 1. The number of carboxylic acid groups (broad SMARTS) is 1. The second-order valence-electron chi connectivity index (χ2n) is 4.87. The van der Waals surface area contributed by atoms with Crippen LogP contribution in [0, 0.1) is 6.92 Å². The fourth-order valence-corrected chi connectivity index (χ4v) is 2.56. The quantitative estimate of drug-likeness (QED) is 0.734. The average Bonchev–Trinajstić information content (AvgIpc) is 2.60. The Kier molecular flexibility index (Phi) is 3.65. The summed E-state index contributed by atoms with van der Waals surface area (Å²) >= 11 is 0. The molecule has 0 radical (unpaired) electrons. The van der Waals surface area contributed by atoms with Crippen LogP contribution in [0.5, 0.6) is 0 Å². The Morgan fingerprint density at radius 1 is 1.39 bits per heavy atom. The number of hydrogen-bond donors (Lipinski definition) is 2. The molecule has 18 heavy (non-hydrogen) atoms. The lowest BCUT2D eigenvalue weighted by Crippen LogP contribution is -2.49. The first kappa shape index (κ1) is 13.0. The van der Waals surface area contributed by atoms with Gasteiger partial charge in [0.15, 0.2) is 0 Å². The molecule has 6 heteroatoms. The van der Waals surface area contributed by atoms with Gasteiger partial charge in [-0.05, 0) is 39.0 Å². The molecular weight excluding hydrogens is 234 g/mol. The molecule has 1 fully saturated rings. The fraction of sp³-hybridized carbons (Fsp3) is 0.750. The molecule has 0 amide bonds. The third kappa shape index (κ3) is 2.01. The minimum atomic E-state index is -0.831. The van der Waals surface area contributed by atoms with Gasteiger partial charge in [-0.3, -0.25) is 4.57 Å². The van der Waals surface area contributed by atoms with Crippen LogP contribution in [0.4, 0.5) is 0 Å². The highest BCUT2D eigenvalue weighted by Gasteiger charge is 2.48. The van der Waals surface area contributed by atoms with E-state index < -0.39 is 11.5 Å². The molecule has 0 spiro atoms. The Balaban J connectivity index is 2.26. The smallest absolute Gasteiger partial charge is 0.329 e. The molecule has 0 atom stereocenters. The number of aryl methyl sites for hydroxylation is 2. The van der Waals surface area contributed by atoms with Crippen molar-refractivity contribution < 1.29 is 15.0 Å².